The number of nitriles is 1. The SMILES string of the molecule is N#Cc1ccc(CNCC(O)COCC2CC2)cc1. The molecule has 1 atom stereocenters. The van der Waals surface area contributed by atoms with Crippen LogP contribution in [-0.4, -0.2) is 31.0 Å². The van der Waals surface area contributed by atoms with E-state index in [1.165, 1.54) is 12.8 Å². The molecule has 1 aliphatic carbocycles. The highest BCUT2D eigenvalue weighted by Crippen LogP contribution is 2.28. The van der Waals surface area contributed by atoms with E-state index in [0.717, 1.165) is 18.1 Å². The smallest absolute Gasteiger partial charge is 0.0991 e. The molecule has 1 aromatic rings. The Balaban J connectivity index is 1.57. The van der Waals surface area contributed by atoms with E-state index in [9.17, 15) is 5.11 Å². The third-order valence-electron chi connectivity index (χ3n) is 3.15. The largest absolute Gasteiger partial charge is 0.389 e. The Morgan fingerprint density at radius 2 is 2.11 bits per heavy atom. The van der Waals surface area contributed by atoms with Crippen molar-refractivity contribution in [2.45, 2.75) is 25.5 Å². The van der Waals surface area contributed by atoms with Gasteiger partial charge in [0.1, 0.15) is 0 Å². The summed E-state index contributed by atoms with van der Waals surface area (Å²) in [6.45, 7) is 2.39. The Hall–Kier alpha value is -1.41. The number of ether oxygens (including phenoxy) is 1. The molecule has 102 valence electrons. The van der Waals surface area contributed by atoms with E-state index in [0.29, 0.717) is 25.3 Å². The summed E-state index contributed by atoms with van der Waals surface area (Å²) in [6.07, 6.45) is 2.08. The number of hydrogen-bond donors (Lipinski definition) is 2. The lowest BCUT2D eigenvalue weighted by atomic mass is 10.1. The summed E-state index contributed by atoms with van der Waals surface area (Å²) in [5.74, 6) is 0.735. The van der Waals surface area contributed by atoms with Crippen LogP contribution in [0.25, 0.3) is 0 Å². The maximum atomic E-state index is 9.71. The molecule has 4 nitrogen and oxygen atoms in total. The zero-order chi connectivity index (χ0) is 13.5. The summed E-state index contributed by atoms with van der Waals surface area (Å²) in [6, 6.07) is 9.52. The van der Waals surface area contributed by atoms with Gasteiger partial charge in [-0.3, -0.25) is 0 Å². The molecule has 1 aliphatic rings. The maximum Gasteiger partial charge on any atom is 0.0991 e. The zero-order valence-corrected chi connectivity index (χ0v) is 11.0. The lowest BCUT2D eigenvalue weighted by Crippen LogP contribution is -2.30. The monoisotopic (exact) mass is 260 g/mol. The standard InChI is InChI=1S/C15H20N2O2/c16-7-12-1-3-13(4-2-12)8-17-9-15(18)11-19-10-14-5-6-14/h1-4,14-15,17-18H,5-6,8-11H2. The average molecular weight is 260 g/mol. The fourth-order valence-corrected chi connectivity index (χ4v) is 1.79. The predicted octanol–water partition coefficient (Wildman–Crippen LogP) is 1.44. The van der Waals surface area contributed by atoms with Crippen molar-refractivity contribution in [3.8, 4) is 6.07 Å². The van der Waals surface area contributed by atoms with Gasteiger partial charge in [-0.05, 0) is 36.5 Å². The molecule has 1 fully saturated rings. The van der Waals surface area contributed by atoms with Gasteiger partial charge < -0.3 is 15.2 Å². The van der Waals surface area contributed by atoms with E-state index >= 15 is 0 Å². The molecule has 0 aliphatic heterocycles. The molecule has 1 aromatic carbocycles. The van der Waals surface area contributed by atoms with Crippen LogP contribution in [0.5, 0.6) is 0 Å². The number of nitrogens with zero attached hydrogens (tertiary/aromatic N) is 1. The first-order valence-electron chi connectivity index (χ1n) is 6.73. The Kier molecular flexibility index (Phi) is 5.34. The van der Waals surface area contributed by atoms with Gasteiger partial charge >= 0.3 is 0 Å². The van der Waals surface area contributed by atoms with Crippen LogP contribution in [0.15, 0.2) is 24.3 Å². The minimum atomic E-state index is -0.461. The third-order valence-corrected chi connectivity index (χ3v) is 3.15. The quantitative estimate of drug-likeness (QED) is 0.742. The molecule has 1 saturated carbocycles. The van der Waals surface area contributed by atoms with Gasteiger partial charge in [0.2, 0.25) is 0 Å². The van der Waals surface area contributed by atoms with Crippen LogP contribution < -0.4 is 5.32 Å². The van der Waals surface area contributed by atoms with Crippen LogP contribution in [-0.2, 0) is 11.3 Å². The minimum Gasteiger partial charge on any atom is -0.389 e. The molecule has 0 bridgehead atoms. The summed E-state index contributed by atoms with van der Waals surface area (Å²) >= 11 is 0. The van der Waals surface area contributed by atoms with Crippen molar-refractivity contribution in [3.05, 3.63) is 35.4 Å². The van der Waals surface area contributed by atoms with Crippen molar-refractivity contribution < 1.29 is 9.84 Å². The highest BCUT2D eigenvalue weighted by Gasteiger charge is 2.21. The van der Waals surface area contributed by atoms with Gasteiger partial charge in [0.25, 0.3) is 0 Å². The van der Waals surface area contributed by atoms with Crippen molar-refractivity contribution in [3.63, 3.8) is 0 Å². The molecule has 0 saturated heterocycles. The summed E-state index contributed by atoms with van der Waals surface area (Å²) in [4.78, 5) is 0. The Bertz CT molecular complexity index is 421. The molecule has 0 heterocycles. The van der Waals surface area contributed by atoms with Gasteiger partial charge in [0.05, 0.1) is 24.3 Å². The molecule has 19 heavy (non-hydrogen) atoms. The number of rotatable bonds is 8. The van der Waals surface area contributed by atoms with Gasteiger partial charge in [0, 0.05) is 19.7 Å². The summed E-state index contributed by atoms with van der Waals surface area (Å²) < 4.78 is 5.43. The number of aliphatic hydroxyl groups excluding tert-OH is 1. The molecule has 1 unspecified atom stereocenters. The van der Waals surface area contributed by atoms with Crippen LogP contribution in [0, 0.1) is 17.2 Å². The van der Waals surface area contributed by atoms with Gasteiger partial charge in [-0.15, -0.1) is 0 Å². The highest BCUT2D eigenvalue weighted by atomic mass is 16.5. The maximum absolute atomic E-state index is 9.71. The molecule has 2 N–H and O–H groups in total. The molecular formula is C15H20N2O2. The summed E-state index contributed by atoms with van der Waals surface area (Å²) in [5.41, 5.74) is 1.77. The van der Waals surface area contributed by atoms with E-state index < -0.39 is 6.10 Å². The fraction of sp³-hybridized carbons (Fsp3) is 0.533. The van der Waals surface area contributed by atoms with Gasteiger partial charge in [-0.25, -0.2) is 0 Å². The lowest BCUT2D eigenvalue weighted by molar-refractivity contribution is 0.0324. The van der Waals surface area contributed by atoms with Crippen LogP contribution in [0.4, 0.5) is 0 Å². The van der Waals surface area contributed by atoms with E-state index in [4.69, 9.17) is 10.00 Å². The third kappa shape index (κ3) is 5.39. The van der Waals surface area contributed by atoms with Gasteiger partial charge in [-0.2, -0.15) is 5.26 Å². The number of hydrogen-bond acceptors (Lipinski definition) is 4. The first kappa shape index (κ1) is 14.0. The highest BCUT2D eigenvalue weighted by molar-refractivity contribution is 5.31. The van der Waals surface area contributed by atoms with Crippen LogP contribution in [0.2, 0.25) is 0 Å². The van der Waals surface area contributed by atoms with Crippen molar-refractivity contribution in [1.82, 2.24) is 5.32 Å². The van der Waals surface area contributed by atoms with Gasteiger partial charge in [-0.1, -0.05) is 12.1 Å². The summed E-state index contributed by atoms with van der Waals surface area (Å²) in [5, 5.41) is 21.6. The average Bonchev–Trinajstić information content (AvgIpc) is 3.24. The molecule has 4 heteroatoms. The predicted molar refractivity (Wildman–Crippen MR) is 72.4 cm³/mol. The first-order valence-corrected chi connectivity index (χ1v) is 6.73. The van der Waals surface area contributed by atoms with E-state index in [2.05, 4.69) is 11.4 Å². The molecular weight excluding hydrogens is 240 g/mol. The van der Waals surface area contributed by atoms with Crippen molar-refractivity contribution >= 4 is 0 Å². The second kappa shape index (κ2) is 7.25. The number of nitrogens with one attached hydrogen (secondary N) is 1. The molecule has 2 rings (SSSR count). The fourth-order valence-electron chi connectivity index (χ4n) is 1.79. The van der Waals surface area contributed by atoms with E-state index in [-0.39, 0.29) is 0 Å². The van der Waals surface area contributed by atoms with Crippen molar-refractivity contribution in [2.24, 2.45) is 5.92 Å². The zero-order valence-electron chi connectivity index (χ0n) is 11.0. The minimum absolute atomic E-state index is 0.400. The summed E-state index contributed by atoms with van der Waals surface area (Å²) in [7, 11) is 0. The van der Waals surface area contributed by atoms with Crippen LogP contribution >= 0.6 is 0 Å². The van der Waals surface area contributed by atoms with Gasteiger partial charge in [0.15, 0.2) is 0 Å². The van der Waals surface area contributed by atoms with Crippen molar-refractivity contribution in [2.75, 3.05) is 19.8 Å². The lowest BCUT2D eigenvalue weighted by Gasteiger charge is -2.12. The Morgan fingerprint density at radius 1 is 1.37 bits per heavy atom. The molecule has 0 amide bonds. The normalized spacial score (nSPS) is 16.0. The topological polar surface area (TPSA) is 65.3 Å². The Morgan fingerprint density at radius 3 is 2.74 bits per heavy atom. The number of aliphatic hydroxyl groups is 1. The van der Waals surface area contributed by atoms with Crippen molar-refractivity contribution in [1.29, 1.82) is 5.26 Å². The molecule has 0 spiro atoms. The number of benzene rings is 1. The second-order valence-corrected chi connectivity index (χ2v) is 5.07. The Labute approximate surface area is 114 Å². The van der Waals surface area contributed by atoms with E-state index in [1.807, 2.05) is 12.1 Å². The molecule has 0 aromatic heterocycles. The van der Waals surface area contributed by atoms with Crippen LogP contribution in [0.1, 0.15) is 24.0 Å². The van der Waals surface area contributed by atoms with E-state index in [1.54, 1.807) is 12.1 Å². The molecule has 0 radical (unpaired) electrons. The second-order valence-electron chi connectivity index (χ2n) is 5.07. The first-order chi connectivity index (χ1) is 9.28. The van der Waals surface area contributed by atoms with Crippen LogP contribution in [0.3, 0.4) is 0 Å².